The van der Waals surface area contributed by atoms with Crippen molar-refractivity contribution >= 4 is 11.8 Å². The van der Waals surface area contributed by atoms with Gasteiger partial charge in [-0.25, -0.2) is 4.79 Å². The topological polar surface area (TPSA) is 41.6 Å². The lowest BCUT2D eigenvalue weighted by Crippen LogP contribution is -2.26. The second-order valence-corrected chi connectivity index (χ2v) is 5.53. The average Bonchev–Trinajstić information content (AvgIpc) is 2.96. The van der Waals surface area contributed by atoms with Gasteiger partial charge in [-0.05, 0) is 24.1 Å². The van der Waals surface area contributed by atoms with Crippen LogP contribution < -0.4 is 5.32 Å². The van der Waals surface area contributed by atoms with E-state index in [9.17, 15) is 4.79 Å². The molecule has 1 saturated heterocycles. The van der Waals surface area contributed by atoms with Crippen molar-refractivity contribution in [3.05, 3.63) is 66.2 Å². The number of benzene rings is 2. The summed E-state index contributed by atoms with van der Waals surface area (Å²) in [6.45, 7) is 2.65. The first-order valence-electron chi connectivity index (χ1n) is 7.58. The molecule has 1 unspecified atom stereocenters. The number of nitrogens with one attached hydrogen (secondary N) is 1. The minimum atomic E-state index is -0.377. The van der Waals surface area contributed by atoms with Gasteiger partial charge in [-0.15, -0.1) is 0 Å². The number of carbonyl (C=O) groups is 1. The lowest BCUT2D eigenvalue weighted by molar-refractivity contribution is 0.113. The van der Waals surface area contributed by atoms with E-state index in [1.165, 1.54) is 5.56 Å². The fourth-order valence-electron chi connectivity index (χ4n) is 2.70. The van der Waals surface area contributed by atoms with E-state index in [1.807, 2.05) is 48.5 Å². The van der Waals surface area contributed by atoms with Gasteiger partial charge in [0.25, 0.3) is 0 Å². The second-order valence-electron chi connectivity index (χ2n) is 5.53. The summed E-state index contributed by atoms with van der Waals surface area (Å²) in [6.07, 6.45) is 0.472. The van der Waals surface area contributed by atoms with E-state index in [0.29, 0.717) is 0 Å². The first-order chi connectivity index (χ1) is 10.8. The first-order valence-corrected chi connectivity index (χ1v) is 7.58. The van der Waals surface area contributed by atoms with Crippen LogP contribution in [0.5, 0.6) is 0 Å². The highest BCUT2D eigenvalue weighted by atomic mass is 16.6. The Bertz CT molecular complexity index is 601. The molecule has 114 valence electrons. The molecular formula is C18H20N2O2. The van der Waals surface area contributed by atoms with Gasteiger partial charge in [0.05, 0.1) is 0 Å². The third-order valence-electron chi connectivity index (χ3n) is 3.77. The molecule has 1 amide bonds. The van der Waals surface area contributed by atoms with Crippen molar-refractivity contribution in [2.24, 2.45) is 0 Å². The Morgan fingerprint density at radius 3 is 2.50 bits per heavy atom. The van der Waals surface area contributed by atoms with Gasteiger partial charge >= 0.3 is 6.09 Å². The standard InChI is InChI=1S/C18H20N2O2/c21-18(19-16-9-5-2-6-10-16)22-17-11-12-20(14-17)13-15-7-3-1-4-8-15/h1-10,17H,11-14H2,(H,19,21). The molecule has 0 aliphatic carbocycles. The van der Waals surface area contributed by atoms with E-state index in [4.69, 9.17) is 4.74 Å². The van der Waals surface area contributed by atoms with Gasteiger partial charge < -0.3 is 4.74 Å². The molecule has 1 aliphatic rings. The molecular weight excluding hydrogens is 276 g/mol. The van der Waals surface area contributed by atoms with E-state index < -0.39 is 0 Å². The van der Waals surface area contributed by atoms with Crippen LogP contribution in [0.15, 0.2) is 60.7 Å². The van der Waals surface area contributed by atoms with Crippen LogP contribution in [0, 0.1) is 0 Å². The maximum absolute atomic E-state index is 11.9. The van der Waals surface area contributed by atoms with Crippen molar-refractivity contribution < 1.29 is 9.53 Å². The van der Waals surface area contributed by atoms with Crippen molar-refractivity contribution in [1.29, 1.82) is 0 Å². The van der Waals surface area contributed by atoms with Crippen LogP contribution in [0.4, 0.5) is 10.5 Å². The fourth-order valence-corrected chi connectivity index (χ4v) is 2.70. The smallest absolute Gasteiger partial charge is 0.411 e. The number of likely N-dealkylation sites (tertiary alicyclic amines) is 1. The van der Waals surface area contributed by atoms with Crippen molar-refractivity contribution in [3.8, 4) is 0 Å². The highest BCUT2D eigenvalue weighted by Crippen LogP contribution is 2.16. The van der Waals surface area contributed by atoms with E-state index in [0.717, 1.165) is 31.7 Å². The number of nitrogens with zero attached hydrogens (tertiary/aromatic N) is 1. The molecule has 4 heteroatoms. The van der Waals surface area contributed by atoms with Crippen LogP contribution in [0.3, 0.4) is 0 Å². The van der Waals surface area contributed by atoms with Crippen LogP contribution in [-0.2, 0) is 11.3 Å². The molecule has 1 heterocycles. The molecule has 22 heavy (non-hydrogen) atoms. The number of para-hydroxylation sites is 1. The van der Waals surface area contributed by atoms with Gasteiger partial charge in [-0.3, -0.25) is 10.2 Å². The predicted octanol–water partition coefficient (Wildman–Crippen LogP) is 3.51. The molecule has 1 N–H and O–H groups in total. The molecule has 0 aromatic heterocycles. The molecule has 1 atom stereocenters. The molecule has 1 fully saturated rings. The van der Waals surface area contributed by atoms with Crippen LogP contribution in [-0.4, -0.2) is 30.2 Å². The zero-order chi connectivity index (χ0) is 15.2. The Morgan fingerprint density at radius 2 is 1.77 bits per heavy atom. The summed E-state index contributed by atoms with van der Waals surface area (Å²) in [5, 5.41) is 2.75. The van der Waals surface area contributed by atoms with Gasteiger partial charge in [0.15, 0.2) is 0 Å². The summed E-state index contributed by atoms with van der Waals surface area (Å²) in [6, 6.07) is 19.7. The summed E-state index contributed by atoms with van der Waals surface area (Å²) in [5.74, 6) is 0. The minimum absolute atomic E-state index is 0.0348. The zero-order valence-corrected chi connectivity index (χ0v) is 12.4. The Morgan fingerprint density at radius 1 is 1.09 bits per heavy atom. The quantitative estimate of drug-likeness (QED) is 0.938. The second kappa shape index (κ2) is 7.09. The zero-order valence-electron chi connectivity index (χ0n) is 12.4. The van der Waals surface area contributed by atoms with Gasteiger partial charge in [0.1, 0.15) is 6.10 Å². The van der Waals surface area contributed by atoms with Gasteiger partial charge in [-0.1, -0.05) is 48.5 Å². The maximum atomic E-state index is 11.9. The molecule has 3 rings (SSSR count). The molecule has 4 nitrogen and oxygen atoms in total. The van der Waals surface area contributed by atoms with E-state index in [2.05, 4.69) is 22.3 Å². The van der Waals surface area contributed by atoms with Crippen molar-refractivity contribution in [2.75, 3.05) is 18.4 Å². The Balaban J connectivity index is 1.46. The summed E-state index contributed by atoms with van der Waals surface area (Å²) >= 11 is 0. The third kappa shape index (κ3) is 4.09. The summed E-state index contributed by atoms with van der Waals surface area (Å²) in [4.78, 5) is 14.2. The summed E-state index contributed by atoms with van der Waals surface area (Å²) < 4.78 is 5.49. The molecule has 0 radical (unpaired) electrons. The lowest BCUT2D eigenvalue weighted by atomic mass is 10.2. The van der Waals surface area contributed by atoms with Crippen molar-refractivity contribution in [2.45, 2.75) is 19.1 Å². The van der Waals surface area contributed by atoms with Crippen LogP contribution in [0.25, 0.3) is 0 Å². The normalized spacial score (nSPS) is 18.1. The number of carbonyl (C=O) groups excluding carboxylic acids is 1. The number of rotatable bonds is 4. The number of ether oxygens (including phenoxy) is 1. The predicted molar refractivity (Wildman–Crippen MR) is 86.7 cm³/mol. The maximum Gasteiger partial charge on any atom is 0.411 e. The number of hydrogen-bond acceptors (Lipinski definition) is 3. The molecule has 0 spiro atoms. The Labute approximate surface area is 130 Å². The average molecular weight is 296 g/mol. The van der Waals surface area contributed by atoms with Gasteiger partial charge in [-0.2, -0.15) is 0 Å². The van der Waals surface area contributed by atoms with Crippen LogP contribution in [0.1, 0.15) is 12.0 Å². The van der Waals surface area contributed by atoms with E-state index in [1.54, 1.807) is 0 Å². The summed E-state index contributed by atoms with van der Waals surface area (Å²) in [7, 11) is 0. The van der Waals surface area contributed by atoms with E-state index in [-0.39, 0.29) is 12.2 Å². The monoisotopic (exact) mass is 296 g/mol. The molecule has 2 aromatic carbocycles. The van der Waals surface area contributed by atoms with Gasteiger partial charge in [0, 0.05) is 25.3 Å². The third-order valence-corrected chi connectivity index (χ3v) is 3.77. The van der Waals surface area contributed by atoms with Crippen molar-refractivity contribution in [1.82, 2.24) is 4.90 Å². The van der Waals surface area contributed by atoms with Crippen LogP contribution >= 0.6 is 0 Å². The SMILES string of the molecule is O=C(Nc1ccccc1)OC1CCN(Cc2ccccc2)C1. The Hall–Kier alpha value is -2.33. The van der Waals surface area contributed by atoms with Gasteiger partial charge in [0.2, 0.25) is 0 Å². The minimum Gasteiger partial charge on any atom is -0.445 e. The lowest BCUT2D eigenvalue weighted by Gasteiger charge is -2.16. The molecule has 0 bridgehead atoms. The number of amides is 1. The summed E-state index contributed by atoms with van der Waals surface area (Å²) in [5.41, 5.74) is 2.04. The largest absolute Gasteiger partial charge is 0.445 e. The number of hydrogen-bond donors (Lipinski definition) is 1. The van der Waals surface area contributed by atoms with E-state index >= 15 is 0 Å². The molecule has 0 saturated carbocycles. The fraction of sp³-hybridized carbons (Fsp3) is 0.278. The first kappa shape index (κ1) is 14.6. The van der Waals surface area contributed by atoms with Crippen molar-refractivity contribution in [3.63, 3.8) is 0 Å². The highest BCUT2D eigenvalue weighted by molar-refractivity contribution is 5.84. The Kier molecular flexibility index (Phi) is 4.71. The highest BCUT2D eigenvalue weighted by Gasteiger charge is 2.25. The molecule has 1 aliphatic heterocycles. The van der Waals surface area contributed by atoms with Crippen LogP contribution in [0.2, 0.25) is 0 Å². The number of anilines is 1. The molecule has 2 aromatic rings.